The fourth-order valence-electron chi connectivity index (χ4n) is 4.19. The van der Waals surface area contributed by atoms with Crippen molar-refractivity contribution < 1.29 is 28.2 Å². The van der Waals surface area contributed by atoms with E-state index in [1.807, 2.05) is 0 Å². The van der Waals surface area contributed by atoms with Crippen molar-refractivity contribution >= 4 is 40.9 Å². The van der Waals surface area contributed by atoms with Crippen LogP contribution >= 0.6 is 11.6 Å². The third-order valence-electron chi connectivity index (χ3n) is 6.13. The fourth-order valence-corrected chi connectivity index (χ4v) is 4.32. The van der Waals surface area contributed by atoms with Crippen LogP contribution in [-0.2, 0) is 14.3 Å². The number of ether oxygens (including phenoxy) is 2. The molecule has 1 aliphatic heterocycles. The number of nitrogens with zero attached hydrogens (tertiary/aromatic N) is 1. The third kappa shape index (κ3) is 5.90. The van der Waals surface area contributed by atoms with Gasteiger partial charge in [-0.1, -0.05) is 35.9 Å². The first-order valence-electron chi connectivity index (χ1n) is 11.4. The Morgan fingerprint density at radius 2 is 1.73 bits per heavy atom. The Morgan fingerprint density at radius 3 is 2.41 bits per heavy atom. The zero-order chi connectivity index (χ0) is 26.5. The van der Waals surface area contributed by atoms with Crippen LogP contribution in [0.5, 0.6) is 0 Å². The standard InChI is InChI=1S/C27H25ClFN3O5/c1-36-19-14-24(32(15-19)27(35)30-18-10-8-17(28)9-11-18)25(33)31-23-12-7-16(13-22(23)29)20-5-3-4-6-21(20)26(34)37-2/h3-13,19,24H,14-15H2,1-2H3,(H,30,35)(H,31,33)/t19-,24-/m1/s1. The molecule has 8 nitrogen and oxygen atoms in total. The predicted octanol–water partition coefficient (Wildman–Crippen LogP) is 5.19. The van der Waals surface area contributed by atoms with E-state index in [-0.39, 0.29) is 24.8 Å². The third-order valence-corrected chi connectivity index (χ3v) is 6.38. The van der Waals surface area contributed by atoms with Crippen LogP contribution < -0.4 is 10.6 Å². The second-order valence-electron chi connectivity index (χ2n) is 8.42. The molecule has 1 fully saturated rings. The summed E-state index contributed by atoms with van der Waals surface area (Å²) in [7, 11) is 2.78. The lowest BCUT2D eigenvalue weighted by Crippen LogP contribution is -2.45. The largest absolute Gasteiger partial charge is 0.465 e. The highest BCUT2D eigenvalue weighted by atomic mass is 35.5. The minimum Gasteiger partial charge on any atom is -0.465 e. The van der Waals surface area contributed by atoms with Gasteiger partial charge in [0.05, 0.1) is 24.5 Å². The first kappa shape index (κ1) is 26.1. The molecule has 0 bridgehead atoms. The number of benzene rings is 3. The van der Waals surface area contributed by atoms with Crippen molar-refractivity contribution in [1.29, 1.82) is 0 Å². The number of rotatable bonds is 6. The van der Waals surface area contributed by atoms with Crippen molar-refractivity contribution in [3.63, 3.8) is 0 Å². The van der Waals surface area contributed by atoms with Gasteiger partial charge in [-0.05, 0) is 53.6 Å². The van der Waals surface area contributed by atoms with Gasteiger partial charge < -0.3 is 25.0 Å². The van der Waals surface area contributed by atoms with Crippen LogP contribution in [0.1, 0.15) is 16.8 Å². The summed E-state index contributed by atoms with van der Waals surface area (Å²) in [6.45, 7) is 0.194. The van der Waals surface area contributed by atoms with Crippen LogP contribution in [0.15, 0.2) is 66.7 Å². The number of carbonyl (C=O) groups is 3. The van der Waals surface area contributed by atoms with Crippen molar-refractivity contribution in [2.75, 3.05) is 31.4 Å². The number of hydrogen-bond acceptors (Lipinski definition) is 5. The van der Waals surface area contributed by atoms with E-state index in [4.69, 9.17) is 21.1 Å². The number of carbonyl (C=O) groups excluding carboxylic acids is 3. The monoisotopic (exact) mass is 525 g/mol. The van der Waals surface area contributed by atoms with Crippen molar-refractivity contribution in [2.45, 2.75) is 18.6 Å². The molecule has 1 aliphatic rings. The molecule has 0 aromatic heterocycles. The number of hydrogen-bond donors (Lipinski definition) is 2. The van der Waals surface area contributed by atoms with E-state index in [0.717, 1.165) is 0 Å². The van der Waals surface area contributed by atoms with Gasteiger partial charge in [0.25, 0.3) is 0 Å². The Labute approximate surface area is 218 Å². The molecule has 192 valence electrons. The summed E-state index contributed by atoms with van der Waals surface area (Å²) in [5.41, 5.74) is 1.70. The molecule has 3 amide bonds. The molecule has 0 unspecified atom stereocenters. The van der Waals surface area contributed by atoms with Crippen LogP contribution in [0.3, 0.4) is 0 Å². The van der Waals surface area contributed by atoms with Gasteiger partial charge in [0.15, 0.2) is 0 Å². The van der Waals surface area contributed by atoms with Crippen molar-refractivity contribution in [3.05, 3.63) is 83.1 Å². The van der Waals surface area contributed by atoms with Gasteiger partial charge in [-0.3, -0.25) is 4.79 Å². The van der Waals surface area contributed by atoms with Crippen LogP contribution in [0.4, 0.5) is 20.6 Å². The van der Waals surface area contributed by atoms with Gasteiger partial charge >= 0.3 is 12.0 Å². The summed E-state index contributed by atoms with van der Waals surface area (Å²) in [5, 5.41) is 5.85. The molecule has 0 spiro atoms. The van der Waals surface area contributed by atoms with Crippen LogP contribution in [0.25, 0.3) is 11.1 Å². The van der Waals surface area contributed by atoms with E-state index < -0.39 is 29.8 Å². The lowest BCUT2D eigenvalue weighted by Gasteiger charge is -2.24. The lowest BCUT2D eigenvalue weighted by atomic mass is 9.99. The zero-order valence-corrected chi connectivity index (χ0v) is 20.9. The molecule has 3 aromatic carbocycles. The van der Waals surface area contributed by atoms with E-state index in [9.17, 15) is 14.4 Å². The molecule has 3 aromatic rings. The highest BCUT2D eigenvalue weighted by Crippen LogP contribution is 2.29. The number of methoxy groups -OCH3 is 2. The number of amides is 3. The minimum atomic E-state index is -0.878. The number of likely N-dealkylation sites (tertiary alicyclic amines) is 1. The predicted molar refractivity (Wildman–Crippen MR) is 138 cm³/mol. The second kappa shape index (κ2) is 11.4. The normalized spacial score (nSPS) is 16.8. The van der Waals surface area contributed by atoms with Crippen molar-refractivity contribution in [3.8, 4) is 11.1 Å². The molecule has 1 heterocycles. The van der Waals surface area contributed by atoms with Gasteiger partial charge in [0, 0.05) is 30.8 Å². The maximum atomic E-state index is 15.1. The Bertz CT molecular complexity index is 1320. The summed E-state index contributed by atoms with van der Waals surface area (Å²) in [5.74, 6) is -1.78. The fraction of sp³-hybridized carbons (Fsp3) is 0.222. The maximum absolute atomic E-state index is 15.1. The number of anilines is 2. The lowest BCUT2D eigenvalue weighted by molar-refractivity contribution is -0.119. The van der Waals surface area contributed by atoms with Crippen molar-refractivity contribution in [1.82, 2.24) is 4.90 Å². The molecule has 10 heteroatoms. The molecule has 2 atom stereocenters. The number of nitrogens with one attached hydrogen (secondary N) is 2. The van der Waals surface area contributed by atoms with Gasteiger partial charge in [-0.15, -0.1) is 0 Å². The topological polar surface area (TPSA) is 97.0 Å². The zero-order valence-electron chi connectivity index (χ0n) is 20.2. The van der Waals surface area contributed by atoms with E-state index in [1.165, 1.54) is 31.3 Å². The quantitative estimate of drug-likeness (QED) is 0.432. The Kier molecular flexibility index (Phi) is 8.05. The highest BCUT2D eigenvalue weighted by Gasteiger charge is 2.40. The number of halogens is 2. The molecule has 4 rings (SSSR count). The first-order valence-corrected chi connectivity index (χ1v) is 11.8. The first-order chi connectivity index (χ1) is 17.8. The van der Waals surface area contributed by atoms with Crippen LogP contribution in [0.2, 0.25) is 5.02 Å². The molecular weight excluding hydrogens is 501 g/mol. The second-order valence-corrected chi connectivity index (χ2v) is 8.86. The van der Waals surface area contributed by atoms with Crippen LogP contribution in [0, 0.1) is 5.82 Å². The van der Waals surface area contributed by atoms with E-state index in [0.29, 0.717) is 27.4 Å². The molecule has 37 heavy (non-hydrogen) atoms. The van der Waals surface area contributed by atoms with Gasteiger partial charge in [0.2, 0.25) is 5.91 Å². The molecule has 0 radical (unpaired) electrons. The number of esters is 1. The van der Waals surface area contributed by atoms with E-state index in [2.05, 4.69) is 10.6 Å². The SMILES string of the molecule is COC(=O)c1ccccc1-c1ccc(NC(=O)[C@H]2C[C@@H](OC)CN2C(=O)Nc2ccc(Cl)cc2)c(F)c1. The Balaban J connectivity index is 1.51. The van der Waals surface area contributed by atoms with Gasteiger partial charge in [0.1, 0.15) is 11.9 Å². The highest BCUT2D eigenvalue weighted by molar-refractivity contribution is 6.30. The molecule has 0 aliphatic carbocycles. The molecule has 1 saturated heterocycles. The molecule has 0 saturated carbocycles. The Hall–Kier alpha value is -3.95. The van der Waals surface area contributed by atoms with Gasteiger partial charge in [-0.25, -0.2) is 14.0 Å². The summed E-state index contributed by atoms with van der Waals surface area (Å²) in [4.78, 5) is 39.5. The van der Waals surface area contributed by atoms with Gasteiger partial charge in [-0.2, -0.15) is 0 Å². The van der Waals surface area contributed by atoms with E-state index in [1.54, 1.807) is 54.6 Å². The average Bonchev–Trinajstić information content (AvgIpc) is 3.36. The number of urea groups is 1. The smallest absolute Gasteiger partial charge is 0.338 e. The van der Waals surface area contributed by atoms with Crippen molar-refractivity contribution in [2.24, 2.45) is 0 Å². The summed E-state index contributed by atoms with van der Waals surface area (Å²) < 4.78 is 25.3. The summed E-state index contributed by atoms with van der Waals surface area (Å²) in [6.07, 6.45) is -0.100. The summed E-state index contributed by atoms with van der Waals surface area (Å²) in [6, 6.07) is 16.1. The average molecular weight is 526 g/mol. The molecular formula is C27H25ClFN3O5. The maximum Gasteiger partial charge on any atom is 0.338 e. The minimum absolute atomic E-state index is 0.0526. The molecule has 2 N–H and O–H groups in total. The Morgan fingerprint density at radius 1 is 1.00 bits per heavy atom. The van der Waals surface area contributed by atoms with Crippen LogP contribution in [-0.4, -0.2) is 55.7 Å². The van der Waals surface area contributed by atoms with E-state index >= 15 is 4.39 Å². The summed E-state index contributed by atoms with van der Waals surface area (Å²) >= 11 is 5.90.